The molecular formula is C15H10N2O. The van der Waals surface area contributed by atoms with Crippen molar-refractivity contribution in [2.75, 3.05) is 0 Å². The lowest BCUT2D eigenvalue weighted by Gasteiger charge is -1.99. The van der Waals surface area contributed by atoms with Gasteiger partial charge in [0.05, 0.1) is 18.0 Å². The van der Waals surface area contributed by atoms with E-state index in [9.17, 15) is 0 Å². The Balaban J connectivity index is 2.10. The summed E-state index contributed by atoms with van der Waals surface area (Å²) in [5, 5.41) is 10.4. The molecule has 3 heteroatoms. The maximum Gasteiger partial charge on any atom is 0.142 e. The van der Waals surface area contributed by atoms with Gasteiger partial charge >= 0.3 is 0 Å². The molecule has 2 aromatic heterocycles. The molecule has 2 heterocycles. The van der Waals surface area contributed by atoms with Crippen molar-refractivity contribution < 1.29 is 4.42 Å². The van der Waals surface area contributed by atoms with Crippen LogP contribution in [0.2, 0.25) is 0 Å². The van der Waals surface area contributed by atoms with Gasteiger partial charge in [0.25, 0.3) is 0 Å². The molecule has 1 N–H and O–H groups in total. The zero-order chi connectivity index (χ0) is 11.9. The van der Waals surface area contributed by atoms with Gasteiger partial charge in [-0.05, 0) is 6.07 Å². The van der Waals surface area contributed by atoms with Crippen molar-refractivity contribution in [1.29, 1.82) is 0 Å². The molecule has 0 amide bonds. The molecule has 86 valence electrons. The van der Waals surface area contributed by atoms with Crippen molar-refractivity contribution in [2.45, 2.75) is 0 Å². The van der Waals surface area contributed by atoms with Crippen molar-refractivity contribution >= 4 is 21.7 Å². The topological polar surface area (TPSA) is 41.8 Å². The van der Waals surface area contributed by atoms with E-state index in [2.05, 4.69) is 28.4 Å². The smallest absolute Gasteiger partial charge is 0.142 e. The van der Waals surface area contributed by atoms with Crippen molar-refractivity contribution in [1.82, 2.24) is 10.2 Å². The minimum Gasteiger partial charge on any atom is -0.463 e. The standard InChI is InChI=1S/C15H10N2O/c1-2-5-11-10(4-1)9-18-15(11)12-6-3-7-14-13(12)8-16-17-14/h1-9H,(H,16,17). The number of aromatic nitrogens is 2. The summed E-state index contributed by atoms with van der Waals surface area (Å²) in [7, 11) is 0. The Bertz CT molecular complexity index is 842. The van der Waals surface area contributed by atoms with Crippen LogP contribution in [0.4, 0.5) is 0 Å². The number of hydrogen-bond acceptors (Lipinski definition) is 2. The predicted octanol–water partition coefficient (Wildman–Crippen LogP) is 3.98. The highest BCUT2D eigenvalue weighted by Gasteiger charge is 2.11. The number of benzene rings is 2. The average molecular weight is 234 g/mol. The monoisotopic (exact) mass is 234 g/mol. The van der Waals surface area contributed by atoms with Crippen LogP contribution in [0.25, 0.3) is 33.0 Å². The summed E-state index contributed by atoms with van der Waals surface area (Å²) in [5.41, 5.74) is 2.09. The van der Waals surface area contributed by atoms with Crippen LogP contribution in [-0.2, 0) is 0 Å². The Kier molecular flexibility index (Phi) is 1.83. The molecule has 0 saturated heterocycles. The first-order valence-corrected chi connectivity index (χ1v) is 5.82. The molecule has 0 saturated carbocycles. The number of rotatable bonds is 1. The minimum atomic E-state index is 0.901. The number of furan rings is 1. The number of nitrogens with zero attached hydrogens (tertiary/aromatic N) is 1. The van der Waals surface area contributed by atoms with E-state index < -0.39 is 0 Å². The first-order chi connectivity index (χ1) is 8.93. The second-order valence-electron chi connectivity index (χ2n) is 4.29. The van der Waals surface area contributed by atoms with Gasteiger partial charge in [0.2, 0.25) is 0 Å². The first-order valence-electron chi connectivity index (χ1n) is 5.82. The molecule has 0 radical (unpaired) electrons. The van der Waals surface area contributed by atoms with Crippen LogP contribution in [0.5, 0.6) is 0 Å². The van der Waals surface area contributed by atoms with Gasteiger partial charge in [-0.1, -0.05) is 36.4 Å². The summed E-state index contributed by atoms with van der Waals surface area (Å²) in [5.74, 6) is 0.901. The lowest BCUT2D eigenvalue weighted by Crippen LogP contribution is -1.77. The molecule has 18 heavy (non-hydrogen) atoms. The van der Waals surface area contributed by atoms with Crippen molar-refractivity contribution in [3.05, 3.63) is 54.9 Å². The summed E-state index contributed by atoms with van der Waals surface area (Å²) in [6.07, 6.45) is 3.63. The molecule has 4 aromatic rings. The van der Waals surface area contributed by atoms with Gasteiger partial charge in [-0.3, -0.25) is 5.10 Å². The fraction of sp³-hybridized carbons (Fsp3) is 0. The highest BCUT2D eigenvalue weighted by atomic mass is 16.3. The third-order valence-corrected chi connectivity index (χ3v) is 3.24. The molecular weight excluding hydrogens is 224 g/mol. The SMILES string of the molecule is c1ccc2c(-c3cccc4[nH]ncc34)occ2c1. The largest absolute Gasteiger partial charge is 0.463 e. The third kappa shape index (κ3) is 1.21. The van der Waals surface area contributed by atoms with Crippen LogP contribution in [0.1, 0.15) is 0 Å². The van der Waals surface area contributed by atoms with E-state index in [1.54, 1.807) is 6.26 Å². The molecule has 0 aliphatic rings. The molecule has 2 aromatic carbocycles. The van der Waals surface area contributed by atoms with Crippen molar-refractivity contribution in [3.8, 4) is 11.3 Å². The van der Waals surface area contributed by atoms with Crippen molar-refractivity contribution in [3.63, 3.8) is 0 Å². The van der Waals surface area contributed by atoms with E-state index in [0.29, 0.717) is 0 Å². The summed E-state index contributed by atoms with van der Waals surface area (Å²) < 4.78 is 5.74. The van der Waals surface area contributed by atoms with E-state index in [4.69, 9.17) is 4.42 Å². The molecule has 0 spiro atoms. The molecule has 0 atom stereocenters. The summed E-state index contributed by atoms with van der Waals surface area (Å²) in [4.78, 5) is 0. The Hall–Kier alpha value is -2.55. The zero-order valence-corrected chi connectivity index (χ0v) is 9.55. The lowest BCUT2D eigenvalue weighted by molar-refractivity contribution is 0.588. The quantitative estimate of drug-likeness (QED) is 0.541. The lowest BCUT2D eigenvalue weighted by atomic mass is 10.0. The van der Waals surface area contributed by atoms with Gasteiger partial charge in [-0.25, -0.2) is 0 Å². The summed E-state index contributed by atoms with van der Waals surface area (Å²) in [6, 6.07) is 14.2. The number of nitrogens with one attached hydrogen (secondary N) is 1. The molecule has 0 aliphatic carbocycles. The highest BCUT2D eigenvalue weighted by molar-refractivity contribution is 6.02. The first kappa shape index (κ1) is 9.48. The Morgan fingerprint density at radius 2 is 1.89 bits per heavy atom. The Morgan fingerprint density at radius 3 is 2.89 bits per heavy atom. The molecule has 0 unspecified atom stereocenters. The van der Waals surface area contributed by atoms with Gasteiger partial charge in [-0.2, -0.15) is 5.10 Å². The number of fused-ring (bicyclic) bond motifs is 2. The van der Waals surface area contributed by atoms with Gasteiger partial charge in [0, 0.05) is 21.7 Å². The number of aromatic amines is 1. The second kappa shape index (κ2) is 3.47. The van der Waals surface area contributed by atoms with Crippen molar-refractivity contribution in [2.24, 2.45) is 0 Å². The molecule has 3 nitrogen and oxygen atoms in total. The fourth-order valence-electron chi connectivity index (χ4n) is 2.37. The maximum atomic E-state index is 5.74. The van der Waals surface area contributed by atoms with Crippen LogP contribution in [-0.4, -0.2) is 10.2 Å². The fourth-order valence-corrected chi connectivity index (χ4v) is 2.37. The Labute approximate surface area is 103 Å². The van der Waals surface area contributed by atoms with E-state index in [-0.39, 0.29) is 0 Å². The summed E-state index contributed by atoms with van der Waals surface area (Å²) >= 11 is 0. The van der Waals surface area contributed by atoms with E-state index in [1.165, 1.54) is 0 Å². The second-order valence-corrected chi connectivity index (χ2v) is 4.29. The molecule has 0 aliphatic heterocycles. The minimum absolute atomic E-state index is 0.901. The van der Waals surface area contributed by atoms with Crippen LogP contribution >= 0.6 is 0 Å². The molecule has 0 fully saturated rings. The number of hydrogen-bond donors (Lipinski definition) is 1. The van der Waals surface area contributed by atoms with E-state index in [1.807, 2.05) is 30.5 Å². The molecule has 4 rings (SSSR count). The third-order valence-electron chi connectivity index (χ3n) is 3.24. The van der Waals surface area contributed by atoms with Gasteiger partial charge < -0.3 is 4.42 Å². The van der Waals surface area contributed by atoms with Gasteiger partial charge in [0.1, 0.15) is 5.76 Å². The summed E-state index contributed by atoms with van der Waals surface area (Å²) in [6.45, 7) is 0. The normalized spacial score (nSPS) is 11.3. The molecule has 0 bridgehead atoms. The van der Waals surface area contributed by atoms with Crippen LogP contribution in [0.3, 0.4) is 0 Å². The average Bonchev–Trinajstić information content (AvgIpc) is 3.05. The Morgan fingerprint density at radius 1 is 0.944 bits per heavy atom. The van der Waals surface area contributed by atoms with Crippen LogP contribution < -0.4 is 0 Å². The predicted molar refractivity (Wildman–Crippen MR) is 71.3 cm³/mol. The van der Waals surface area contributed by atoms with E-state index in [0.717, 1.165) is 33.0 Å². The highest BCUT2D eigenvalue weighted by Crippen LogP contribution is 2.34. The van der Waals surface area contributed by atoms with Gasteiger partial charge in [0.15, 0.2) is 0 Å². The van der Waals surface area contributed by atoms with E-state index >= 15 is 0 Å². The maximum absolute atomic E-state index is 5.74. The van der Waals surface area contributed by atoms with Gasteiger partial charge in [-0.15, -0.1) is 0 Å². The zero-order valence-electron chi connectivity index (χ0n) is 9.55. The van der Waals surface area contributed by atoms with Crippen LogP contribution in [0.15, 0.2) is 59.3 Å². The number of H-pyrrole nitrogens is 1. The van der Waals surface area contributed by atoms with Crippen LogP contribution in [0, 0.1) is 0 Å².